The van der Waals surface area contributed by atoms with Crippen LogP contribution in [0.4, 0.5) is 0 Å². The van der Waals surface area contributed by atoms with Crippen molar-refractivity contribution in [3.8, 4) is 11.3 Å². The Hall–Kier alpha value is -3.93. The van der Waals surface area contributed by atoms with Crippen LogP contribution in [0.25, 0.3) is 11.3 Å². The first-order valence-corrected chi connectivity index (χ1v) is 9.65. The Morgan fingerprint density at radius 2 is 1.80 bits per heavy atom. The number of benzene rings is 2. The minimum atomic E-state index is -0.304. The number of rotatable bonds is 7. The molecule has 4 rings (SSSR count). The van der Waals surface area contributed by atoms with Gasteiger partial charge in [0.2, 0.25) is 0 Å². The molecule has 0 unspecified atom stereocenters. The van der Waals surface area contributed by atoms with Gasteiger partial charge in [-0.25, -0.2) is 4.98 Å². The van der Waals surface area contributed by atoms with Crippen molar-refractivity contribution < 1.29 is 14.0 Å². The number of imidazole rings is 1. The number of aromatic amines is 1. The molecule has 0 aliphatic heterocycles. The van der Waals surface area contributed by atoms with Gasteiger partial charge in [0.1, 0.15) is 11.6 Å². The van der Waals surface area contributed by atoms with Crippen molar-refractivity contribution in [1.82, 2.24) is 15.3 Å². The van der Waals surface area contributed by atoms with E-state index in [2.05, 4.69) is 15.3 Å². The molecule has 2 heterocycles. The van der Waals surface area contributed by atoms with Crippen LogP contribution in [0.5, 0.6) is 0 Å². The van der Waals surface area contributed by atoms with Gasteiger partial charge >= 0.3 is 0 Å². The van der Waals surface area contributed by atoms with Crippen molar-refractivity contribution in [2.45, 2.75) is 19.4 Å². The van der Waals surface area contributed by atoms with Crippen LogP contribution < -0.4 is 5.32 Å². The number of carbonyl (C=O) groups is 2. The predicted molar refractivity (Wildman–Crippen MR) is 113 cm³/mol. The molecule has 4 aromatic rings. The molecule has 0 radical (unpaired) electrons. The highest BCUT2D eigenvalue weighted by Gasteiger charge is 2.20. The van der Waals surface area contributed by atoms with Crippen molar-refractivity contribution in [2.75, 3.05) is 0 Å². The van der Waals surface area contributed by atoms with Gasteiger partial charge in [0.15, 0.2) is 11.5 Å². The van der Waals surface area contributed by atoms with E-state index in [4.69, 9.17) is 4.42 Å². The van der Waals surface area contributed by atoms with Gasteiger partial charge in [-0.05, 0) is 24.6 Å². The standard InChI is InChI=1S/C24H21N3O3/c1-16(28)17-7-9-19(10-8-17)21-11-12-22(30-21)24(29)27-20(15-23-25-13-14-26-23)18-5-3-2-4-6-18/h2-14,20H,15H2,1H3,(H,25,26)(H,27,29)/t20-/m1/s1. The van der Waals surface area contributed by atoms with Gasteiger partial charge in [0.25, 0.3) is 5.91 Å². The molecule has 0 aliphatic rings. The van der Waals surface area contributed by atoms with E-state index in [0.29, 0.717) is 17.7 Å². The molecule has 6 heteroatoms. The maximum Gasteiger partial charge on any atom is 0.287 e. The molecular weight excluding hydrogens is 378 g/mol. The Labute approximate surface area is 174 Å². The summed E-state index contributed by atoms with van der Waals surface area (Å²) in [5.41, 5.74) is 2.41. The molecule has 30 heavy (non-hydrogen) atoms. The number of carbonyl (C=O) groups excluding carboxylic acids is 2. The molecule has 0 saturated heterocycles. The van der Waals surface area contributed by atoms with Gasteiger partial charge in [-0.1, -0.05) is 54.6 Å². The Morgan fingerprint density at radius 3 is 2.47 bits per heavy atom. The lowest BCUT2D eigenvalue weighted by molar-refractivity contribution is 0.0908. The van der Waals surface area contributed by atoms with E-state index in [1.807, 2.05) is 30.3 Å². The summed E-state index contributed by atoms with van der Waals surface area (Å²) in [6.45, 7) is 1.52. The molecule has 2 N–H and O–H groups in total. The number of aromatic nitrogens is 2. The fourth-order valence-corrected chi connectivity index (χ4v) is 3.25. The Balaban J connectivity index is 1.52. The molecule has 0 saturated carbocycles. The lowest BCUT2D eigenvalue weighted by atomic mass is 10.0. The number of hydrogen-bond donors (Lipinski definition) is 2. The smallest absolute Gasteiger partial charge is 0.287 e. The van der Waals surface area contributed by atoms with Crippen LogP contribution in [0.1, 0.15) is 45.3 Å². The molecule has 2 aromatic carbocycles. The summed E-state index contributed by atoms with van der Waals surface area (Å²) in [7, 11) is 0. The van der Waals surface area contributed by atoms with E-state index in [1.165, 1.54) is 6.92 Å². The van der Waals surface area contributed by atoms with Crippen molar-refractivity contribution in [1.29, 1.82) is 0 Å². The molecule has 0 aliphatic carbocycles. The zero-order chi connectivity index (χ0) is 20.9. The maximum absolute atomic E-state index is 12.9. The first kappa shape index (κ1) is 19.4. The summed E-state index contributed by atoms with van der Waals surface area (Å²) in [6, 6.07) is 20.0. The van der Waals surface area contributed by atoms with E-state index in [9.17, 15) is 9.59 Å². The van der Waals surface area contributed by atoms with E-state index in [-0.39, 0.29) is 23.5 Å². The zero-order valence-corrected chi connectivity index (χ0v) is 16.5. The van der Waals surface area contributed by atoms with Crippen molar-refractivity contribution in [2.24, 2.45) is 0 Å². The number of furan rings is 1. The SMILES string of the molecule is CC(=O)c1ccc(-c2ccc(C(=O)N[C@H](Cc3ncc[nH]3)c3ccccc3)o2)cc1. The van der Waals surface area contributed by atoms with Crippen LogP contribution in [-0.4, -0.2) is 21.7 Å². The Morgan fingerprint density at radius 1 is 1.03 bits per heavy atom. The summed E-state index contributed by atoms with van der Waals surface area (Å²) < 4.78 is 5.78. The number of hydrogen-bond acceptors (Lipinski definition) is 4. The monoisotopic (exact) mass is 399 g/mol. The van der Waals surface area contributed by atoms with Crippen LogP contribution in [0.3, 0.4) is 0 Å². The molecule has 150 valence electrons. The third kappa shape index (κ3) is 4.38. The van der Waals surface area contributed by atoms with Crippen molar-refractivity contribution in [3.05, 3.63) is 102 Å². The van der Waals surface area contributed by atoms with Crippen molar-refractivity contribution >= 4 is 11.7 Å². The molecule has 0 bridgehead atoms. The highest BCUT2D eigenvalue weighted by Crippen LogP contribution is 2.24. The molecule has 0 fully saturated rings. The summed E-state index contributed by atoms with van der Waals surface area (Å²) >= 11 is 0. The molecule has 1 amide bonds. The molecule has 6 nitrogen and oxygen atoms in total. The predicted octanol–water partition coefficient (Wildman–Crippen LogP) is 4.59. The van der Waals surface area contributed by atoms with Gasteiger partial charge in [-0.2, -0.15) is 0 Å². The van der Waals surface area contributed by atoms with Gasteiger partial charge in [-0.15, -0.1) is 0 Å². The van der Waals surface area contributed by atoms with Gasteiger partial charge in [-0.3, -0.25) is 9.59 Å². The average molecular weight is 399 g/mol. The van der Waals surface area contributed by atoms with Crippen LogP contribution in [-0.2, 0) is 6.42 Å². The molecular formula is C24H21N3O3. The van der Waals surface area contributed by atoms with Gasteiger partial charge < -0.3 is 14.7 Å². The van der Waals surface area contributed by atoms with Gasteiger partial charge in [0.05, 0.1) is 6.04 Å². The van der Waals surface area contributed by atoms with E-state index < -0.39 is 0 Å². The summed E-state index contributed by atoms with van der Waals surface area (Å²) in [4.78, 5) is 31.7. The third-order valence-electron chi connectivity index (χ3n) is 4.87. The lowest BCUT2D eigenvalue weighted by Gasteiger charge is -2.17. The van der Waals surface area contributed by atoms with Crippen LogP contribution in [0.15, 0.2) is 83.5 Å². The number of Topliss-reactive ketones (excluding diaryl/α,β-unsaturated/α-hetero) is 1. The second-order valence-corrected chi connectivity index (χ2v) is 6.97. The molecule has 1 atom stereocenters. The highest BCUT2D eigenvalue weighted by atomic mass is 16.3. The van der Waals surface area contributed by atoms with Gasteiger partial charge in [0, 0.05) is 29.9 Å². The number of ketones is 1. The third-order valence-corrected chi connectivity index (χ3v) is 4.87. The van der Waals surface area contributed by atoms with E-state index in [1.54, 1.807) is 48.8 Å². The largest absolute Gasteiger partial charge is 0.451 e. The number of nitrogens with one attached hydrogen (secondary N) is 2. The number of amides is 1. The first-order chi connectivity index (χ1) is 14.6. The normalized spacial score (nSPS) is 11.8. The number of H-pyrrole nitrogens is 1. The van der Waals surface area contributed by atoms with Crippen LogP contribution >= 0.6 is 0 Å². The molecule has 2 aromatic heterocycles. The van der Waals surface area contributed by atoms with Crippen molar-refractivity contribution in [3.63, 3.8) is 0 Å². The second-order valence-electron chi connectivity index (χ2n) is 6.97. The molecule has 0 spiro atoms. The second kappa shape index (κ2) is 8.61. The Kier molecular flexibility index (Phi) is 5.57. The summed E-state index contributed by atoms with van der Waals surface area (Å²) in [5.74, 6) is 1.28. The minimum absolute atomic E-state index is 0.00423. The first-order valence-electron chi connectivity index (χ1n) is 9.65. The highest BCUT2D eigenvalue weighted by molar-refractivity contribution is 5.94. The van der Waals surface area contributed by atoms with E-state index >= 15 is 0 Å². The quantitative estimate of drug-likeness (QED) is 0.445. The topological polar surface area (TPSA) is 88.0 Å². The maximum atomic E-state index is 12.9. The van der Waals surface area contributed by atoms with Crippen LogP contribution in [0, 0.1) is 0 Å². The number of nitrogens with zero attached hydrogens (tertiary/aromatic N) is 1. The fourth-order valence-electron chi connectivity index (χ4n) is 3.25. The Bertz CT molecular complexity index is 1130. The van der Waals surface area contributed by atoms with E-state index in [0.717, 1.165) is 17.0 Å². The summed E-state index contributed by atoms with van der Waals surface area (Å²) in [6.07, 6.45) is 3.98. The average Bonchev–Trinajstić information content (AvgIpc) is 3.46. The van der Waals surface area contributed by atoms with Crippen LogP contribution in [0.2, 0.25) is 0 Å². The minimum Gasteiger partial charge on any atom is -0.451 e. The summed E-state index contributed by atoms with van der Waals surface area (Å²) in [5, 5.41) is 3.04. The lowest BCUT2D eigenvalue weighted by Crippen LogP contribution is -2.30. The fraction of sp³-hybridized carbons (Fsp3) is 0.125. The zero-order valence-electron chi connectivity index (χ0n) is 16.5.